The molecule has 1 aromatic rings. The zero-order valence-electron chi connectivity index (χ0n) is 12.7. The Kier molecular flexibility index (Phi) is 6.99. The third kappa shape index (κ3) is 5.03. The fourth-order valence-electron chi connectivity index (χ4n) is 2.74. The Morgan fingerprint density at radius 1 is 1.30 bits per heavy atom. The fourth-order valence-corrected chi connectivity index (χ4v) is 3.00. The molecule has 0 radical (unpaired) electrons. The van der Waals surface area contributed by atoms with Crippen LogP contribution in [0.5, 0.6) is 0 Å². The fraction of sp³-hybridized carbons (Fsp3) is 0.625. The minimum Gasteiger partial charge on any atom is -0.316 e. The highest BCUT2D eigenvalue weighted by Gasteiger charge is 2.31. The maximum absolute atomic E-state index is 3.50. The lowest BCUT2D eigenvalue weighted by atomic mass is 9.88. The molecule has 4 heteroatoms. The summed E-state index contributed by atoms with van der Waals surface area (Å²) in [5, 5.41) is 3.50. The molecule has 1 saturated heterocycles. The van der Waals surface area contributed by atoms with E-state index in [0.29, 0.717) is 11.5 Å². The van der Waals surface area contributed by atoms with Crippen LogP contribution in [0.15, 0.2) is 28.7 Å². The molecule has 2 nitrogen and oxygen atoms in total. The van der Waals surface area contributed by atoms with Crippen molar-refractivity contribution in [1.82, 2.24) is 10.2 Å². The van der Waals surface area contributed by atoms with Gasteiger partial charge in [-0.1, -0.05) is 35.0 Å². The van der Waals surface area contributed by atoms with Crippen molar-refractivity contribution in [2.45, 2.75) is 39.8 Å². The third-order valence-corrected chi connectivity index (χ3v) is 4.60. The van der Waals surface area contributed by atoms with Gasteiger partial charge in [0.1, 0.15) is 0 Å². The Morgan fingerprint density at radius 3 is 2.45 bits per heavy atom. The van der Waals surface area contributed by atoms with Gasteiger partial charge in [-0.25, -0.2) is 0 Å². The first-order chi connectivity index (χ1) is 8.98. The Bertz CT molecular complexity index is 399. The second-order valence-electron chi connectivity index (χ2n) is 6.36. The third-order valence-electron chi connectivity index (χ3n) is 4.07. The van der Waals surface area contributed by atoms with Gasteiger partial charge in [0.05, 0.1) is 0 Å². The molecule has 1 N–H and O–H groups in total. The van der Waals surface area contributed by atoms with Gasteiger partial charge in [-0.2, -0.15) is 0 Å². The Labute approximate surface area is 137 Å². The van der Waals surface area contributed by atoms with Crippen LogP contribution in [0.2, 0.25) is 0 Å². The molecule has 0 aromatic heterocycles. The van der Waals surface area contributed by atoms with Crippen molar-refractivity contribution >= 4 is 28.3 Å². The van der Waals surface area contributed by atoms with Gasteiger partial charge in [0, 0.05) is 30.1 Å². The van der Waals surface area contributed by atoms with Crippen molar-refractivity contribution in [2.75, 3.05) is 19.6 Å². The molecule has 1 atom stereocenters. The van der Waals surface area contributed by atoms with Crippen LogP contribution < -0.4 is 5.32 Å². The lowest BCUT2D eigenvalue weighted by molar-refractivity contribution is 0.137. The van der Waals surface area contributed by atoms with Crippen LogP contribution in [-0.2, 0) is 6.54 Å². The first-order valence-electron chi connectivity index (χ1n) is 7.18. The highest BCUT2D eigenvalue weighted by Crippen LogP contribution is 2.27. The summed E-state index contributed by atoms with van der Waals surface area (Å²) in [4.78, 5) is 2.59. The summed E-state index contributed by atoms with van der Waals surface area (Å²) in [6.07, 6.45) is 1.29. The zero-order chi connectivity index (χ0) is 13.9. The highest BCUT2D eigenvalue weighted by molar-refractivity contribution is 9.10. The van der Waals surface area contributed by atoms with Gasteiger partial charge in [-0.3, -0.25) is 4.90 Å². The quantitative estimate of drug-likeness (QED) is 0.850. The summed E-state index contributed by atoms with van der Waals surface area (Å²) < 4.78 is 1.15. The van der Waals surface area contributed by atoms with E-state index in [1.54, 1.807) is 0 Å². The van der Waals surface area contributed by atoms with E-state index in [2.05, 4.69) is 71.2 Å². The van der Waals surface area contributed by atoms with E-state index in [4.69, 9.17) is 0 Å². The van der Waals surface area contributed by atoms with Crippen LogP contribution in [0, 0.1) is 5.41 Å². The lowest BCUT2D eigenvalue weighted by Crippen LogP contribution is -2.40. The molecule has 1 aliphatic rings. The topological polar surface area (TPSA) is 15.3 Å². The van der Waals surface area contributed by atoms with Gasteiger partial charge < -0.3 is 5.32 Å². The highest BCUT2D eigenvalue weighted by atomic mass is 79.9. The van der Waals surface area contributed by atoms with Gasteiger partial charge >= 0.3 is 0 Å². The van der Waals surface area contributed by atoms with Crippen LogP contribution in [0.4, 0.5) is 0 Å². The van der Waals surface area contributed by atoms with E-state index >= 15 is 0 Å². The predicted octanol–water partition coefficient (Wildman–Crippen LogP) is 4.08. The van der Waals surface area contributed by atoms with Crippen molar-refractivity contribution < 1.29 is 0 Å². The summed E-state index contributed by atoms with van der Waals surface area (Å²) in [5.74, 6) is 0. The van der Waals surface area contributed by atoms with Gasteiger partial charge in [-0.15, -0.1) is 12.4 Å². The molecule has 0 aliphatic carbocycles. The minimum absolute atomic E-state index is 0. The van der Waals surface area contributed by atoms with E-state index < -0.39 is 0 Å². The van der Waals surface area contributed by atoms with Crippen LogP contribution in [0.3, 0.4) is 0 Å². The van der Waals surface area contributed by atoms with Gasteiger partial charge in [0.15, 0.2) is 0 Å². The Morgan fingerprint density at radius 2 is 1.95 bits per heavy atom. The van der Waals surface area contributed by atoms with E-state index in [0.717, 1.165) is 17.6 Å². The smallest absolute Gasteiger partial charge is 0.0236 e. The van der Waals surface area contributed by atoms with Gasteiger partial charge in [0.25, 0.3) is 0 Å². The molecule has 0 bridgehead atoms. The molecule has 0 amide bonds. The molecule has 1 heterocycles. The normalized spacial score (nSPS) is 22.3. The van der Waals surface area contributed by atoms with Gasteiger partial charge in [-0.05, 0) is 49.9 Å². The van der Waals surface area contributed by atoms with E-state index in [9.17, 15) is 0 Å². The SMILES string of the molecule is CC(C)N(Cc1ccc(Br)cc1)CC1(C)CCNC1.Cl. The second kappa shape index (κ2) is 7.79. The lowest BCUT2D eigenvalue weighted by Gasteiger charge is -2.34. The number of halogens is 2. The largest absolute Gasteiger partial charge is 0.316 e. The molecule has 0 spiro atoms. The second-order valence-corrected chi connectivity index (χ2v) is 7.28. The van der Waals surface area contributed by atoms with Crippen LogP contribution in [0.25, 0.3) is 0 Å². The summed E-state index contributed by atoms with van der Waals surface area (Å²) in [7, 11) is 0. The maximum atomic E-state index is 3.50. The maximum Gasteiger partial charge on any atom is 0.0236 e. The molecule has 0 saturated carbocycles. The van der Waals surface area contributed by atoms with Crippen molar-refractivity contribution in [3.63, 3.8) is 0 Å². The minimum atomic E-state index is 0. The number of rotatable bonds is 5. The summed E-state index contributed by atoms with van der Waals surface area (Å²) in [6.45, 7) is 11.5. The molecule has 1 fully saturated rings. The van der Waals surface area contributed by atoms with Crippen LogP contribution in [-0.4, -0.2) is 30.6 Å². The Balaban J connectivity index is 0.00000200. The van der Waals surface area contributed by atoms with Gasteiger partial charge in [0.2, 0.25) is 0 Å². The molecule has 114 valence electrons. The summed E-state index contributed by atoms with van der Waals surface area (Å²) in [6, 6.07) is 9.28. The monoisotopic (exact) mass is 360 g/mol. The number of nitrogens with one attached hydrogen (secondary N) is 1. The van der Waals surface area contributed by atoms with Crippen molar-refractivity contribution in [1.29, 1.82) is 0 Å². The molecule has 1 unspecified atom stereocenters. The number of nitrogens with zero attached hydrogens (tertiary/aromatic N) is 1. The Hall–Kier alpha value is -0.0900. The van der Waals surface area contributed by atoms with Crippen molar-refractivity contribution in [3.05, 3.63) is 34.3 Å². The molecule has 1 aliphatic heterocycles. The van der Waals surface area contributed by atoms with Crippen molar-refractivity contribution in [3.8, 4) is 0 Å². The number of benzene rings is 1. The number of hydrogen-bond donors (Lipinski definition) is 1. The number of hydrogen-bond acceptors (Lipinski definition) is 2. The van der Waals surface area contributed by atoms with E-state index in [1.807, 2.05) is 0 Å². The average molecular weight is 362 g/mol. The average Bonchev–Trinajstić information content (AvgIpc) is 2.78. The van der Waals surface area contributed by atoms with Crippen molar-refractivity contribution in [2.24, 2.45) is 5.41 Å². The predicted molar refractivity (Wildman–Crippen MR) is 92.5 cm³/mol. The van der Waals surface area contributed by atoms with Crippen LogP contribution in [0.1, 0.15) is 32.8 Å². The molecule has 1 aromatic carbocycles. The molecular formula is C16H26BrClN2. The molecule has 20 heavy (non-hydrogen) atoms. The molecule has 2 rings (SSSR count). The van der Waals surface area contributed by atoms with E-state index in [-0.39, 0.29) is 12.4 Å². The molecular weight excluding hydrogens is 336 g/mol. The first-order valence-corrected chi connectivity index (χ1v) is 7.97. The zero-order valence-corrected chi connectivity index (χ0v) is 15.1. The standard InChI is InChI=1S/C16H25BrN2.ClH/c1-13(2)19(12-16(3)8-9-18-11-16)10-14-4-6-15(17)7-5-14;/h4-7,13,18H,8-12H2,1-3H3;1H. The van der Waals surface area contributed by atoms with Crippen LogP contribution >= 0.6 is 28.3 Å². The summed E-state index contributed by atoms with van der Waals surface area (Å²) in [5.41, 5.74) is 1.83. The van der Waals surface area contributed by atoms with E-state index in [1.165, 1.54) is 25.1 Å². The summed E-state index contributed by atoms with van der Waals surface area (Å²) >= 11 is 3.50. The first kappa shape index (κ1) is 18.0.